The van der Waals surface area contributed by atoms with Crippen molar-refractivity contribution in [3.8, 4) is 16.9 Å². The predicted octanol–water partition coefficient (Wildman–Crippen LogP) is 5.37. The SMILES string of the molecule is CN(C)CC1=C(c2cccc(O)c2)c2cc(-c3ccccc3)ccc2CC1. The summed E-state index contributed by atoms with van der Waals surface area (Å²) in [6.45, 7) is 0.931. The summed E-state index contributed by atoms with van der Waals surface area (Å²) in [5.41, 5.74) is 8.95. The number of rotatable bonds is 4. The van der Waals surface area contributed by atoms with Gasteiger partial charge in [0.1, 0.15) is 5.75 Å². The molecule has 0 radical (unpaired) electrons. The van der Waals surface area contributed by atoms with E-state index in [1.54, 1.807) is 6.07 Å². The van der Waals surface area contributed by atoms with E-state index in [9.17, 15) is 5.11 Å². The summed E-state index contributed by atoms with van der Waals surface area (Å²) in [4.78, 5) is 2.23. The van der Waals surface area contributed by atoms with E-state index in [1.165, 1.54) is 33.4 Å². The average molecular weight is 355 g/mol. The molecule has 4 rings (SSSR count). The van der Waals surface area contributed by atoms with E-state index < -0.39 is 0 Å². The van der Waals surface area contributed by atoms with Crippen molar-refractivity contribution in [1.82, 2.24) is 4.90 Å². The largest absolute Gasteiger partial charge is 0.508 e. The maximum absolute atomic E-state index is 10.1. The monoisotopic (exact) mass is 355 g/mol. The zero-order chi connectivity index (χ0) is 18.8. The molecular weight excluding hydrogens is 330 g/mol. The summed E-state index contributed by atoms with van der Waals surface area (Å²) < 4.78 is 0. The first-order valence-corrected chi connectivity index (χ1v) is 9.47. The van der Waals surface area contributed by atoms with Crippen LogP contribution in [0.3, 0.4) is 0 Å². The topological polar surface area (TPSA) is 23.5 Å². The molecule has 3 aromatic carbocycles. The molecule has 0 heterocycles. The number of hydrogen-bond acceptors (Lipinski definition) is 2. The first-order chi connectivity index (χ1) is 13.1. The number of aromatic hydroxyl groups is 1. The maximum atomic E-state index is 10.1. The molecule has 27 heavy (non-hydrogen) atoms. The van der Waals surface area contributed by atoms with Crippen LogP contribution in [0, 0.1) is 0 Å². The van der Waals surface area contributed by atoms with Crippen LogP contribution in [0.25, 0.3) is 16.7 Å². The number of fused-ring (bicyclic) bond motifs is 1. The van der Waals surface area contributed by atoms with Gasteiger partial charge in [-0.1, -0.05) is 54.6 Å². The first kappa shape index (κ1) is 17.6. The van der Waals surface area contributed by atoms with Gasteiger partial charge in [0.05, 0.1) is 0 Å². The standard InChI is InChI=1S/C25H25NO/c1-26(2)17-22-14-12-19-11-13-20(18-7-4-3-5-8-18)16-24(19)25(22)21-9-6-10-23(27)15-21/h3-11,13,15-16,27H,12,14,17H2,1-2H3. The lowest BCUT2D eigenvalue weighted by atomic mass is 9.80. The molecule has 2 nitrogen and oxygen atoms in total. The summed E-state index contributed by atoms with van der Waals surface area (Å²) in [5, 5.41) is 10.1. The minimum Gasteiger partial charge on any atom is -0.508 e. The van der Waals surface area contributed by atoms with Crippen LogP contribution in [0.15, 0.2) is 78.4 Å². The van der Waals surface area contributed by atoms with Gasteiger partial charge in [-0.3, -0.25) is 0 Å². The van der Waals surface area contributed by atoms with E-state index in [4.69, 9.17) is 0 Å². The highest BCUT2D eigenvalue weighted by molar-refractivity contribution is 5.87. The minimum absolute atomic E-state index is 0.315. The van der Waals surface area contributed by atoms with Crippen molar-refractivity contribution >= 4 is 5.57 Å². The van der Waals surface area contributed by atoms with E-state index in [-0.39, 0.29) is 0 Å². The lowest BCUT2D eigenvalue weighted by Gasteiger charge is -2.27. The number of aryl methyl sites for hydroxylation is 1. The predicted molar refractivity (Wildman–Crippen MR) is 113 cm³/mol. The zero-order valence-electron chi connectivity index (χ0n) is 15.9. The Bertz CT molecular complexity index is 986. The molecule has 0 saturated heterocycles. The van der Waals surface area contributed by atoms with E-state index in [1.807, 2.05) is 12.1 Å². The van der Waals surface area contributed by atoms with Crippen molar-refractivity contribution in [1.29, 1.82) is 0 Å². The van der Waals surface area contributed by atoms with Crippen LogP contribution in [0.4, 0.5) is 0 Å². The van der Waals surface area contributed by atoms with E-state index >= 15 is 0 Å². The lowest BCUT2D eigenvalue weighted by molar-refractivity contribution is 0.439. The van der Waals surface area contributed by atoms with Gasteiger partial charge in [-0.05, 0) is 84.1 Å². The Morgan fingerprint density at radius 2 is 1.56 bits per heavy atom. The van der Waals surface area contributed by atoms with E-state index in [2.05, 4.69) is 73.6 Å². The molecule has 2 heteroatoms. The fraction of sp³-hybridized carbons (Fsp3) is 0.200. The lowest BCUT2D eigenvalue weighted by Crippen LogP contribution is -2.19. The zero-order valence-corrected chi connectivity index (χ0v) is 15.9. The van der Waals surface area contributed by atoms with Crippen LogP contribution in [0.1, 0.15) is 23.1 Å². The quantitative estimate of drug-likeness (QED) is 0.680. The van der Waals surface area contributed by atoms with Gasteiger partial charge in [0.2, 0.25) is 0 Å². The van der Waals surface area contributed by atoms with Gasteiger partial charge >= 0.3 is 0 Å². The van der Waals surface area contributed by atoms with Crippen LogP contribution in [-0.2, 0) is 6.42 Å². The molecule has 0 spiro atoms. The highest BCUT2D eigenvalue weighted by Gasteiger charge is 2.21. The fourth-order valence-corrected chi connectivity index (χ4v) is 4.00. The van der Waals surface area contributed by atoms with Gasteiger partial charge in [0.15, 0.2) is 0 Å². The van der Waals surface area contributed by atoms with Gasteiger partial charge in [-0.2, -0.15) is 0 Å². The number of phenols is 1. The summed E-state index contributed by atoms with van der Waals surface area (Å²) in [7, 11) is 4.23. The first-order valence-electron chi connectivity index (χ1n) is 9.47. The Labute approximate surface area is 161 Å². The third-order valence-electron chi connectivity index (χ3n) is 5.18. The third-order valence-corrected chi connectivity index (χ3v) is 5.18. The number of hydrogen-bond donors (Lipinski definition) is 1. The molecule has 0 atom stereocenters. The van der Waals surface area contributed by atoms with E-state index in [0.717, 1.165) is 24.9 Å². The second-order valence-electron chi connectivity index (χ2n) is 7.50. The van der Waals surface area contributed by atoms with Gasteiger partial charge in [0.25, 0.3) is 0 Å². The number of benzene rings is 3. The molecule has 0 bridgehead atoms. The minimum atomic E-state index is 0.315. The van der Waals surface area contributed by atoms with Crippen molar-refractivity contribution in [3.63, 3.8) is 0 Å². The number of phenolic OH excluding ortho intramolecular Hbond substituents is 1. The molecule has 0 aromatic heterocycles. The number of likely N-dealkylation sites (N-methyl/N-ethyl adjacent to an activating group) is 1. The fourth-order valence-electron chi connectivity index (χ4n) is 4.00. The van der Waals surface area contributed by atoms with Gasteiger partial charge in [-0.25, -0.2) is 0 Å². The van der Waals surface area contributed by atoms with Crippen LogP contribution >= 0.6 is 0 Å². The third kappa shape index (κ3) is 3.67. The molecule has 0 saturated carbocycles. The normalized spacial score (nSPS) is 13.7. The van der Waals surface area contributed by atoms with Crippen molar-refractivity contribution in [2.24, 2.45) is 0 Å². The summed E-state index contributed by atoms with van der Waals surface area (Å²) in [6.07, 6.45) is 2.12. The van der Waals surface area contributed by atoms with Crippen LogP contribution in [0.5, 0.6) is 5.75 Å². The van der Waals surface area contributed by atoms with Crippen molar-refractivity contribution in [2.75, 3.05) is 20.6 Å². The van der Waals surface area contributed by atoms with E-state index in [0.29, 0.717) is 5.75 Å². The highest BCUT2D eigenvalue weighted by Crippen LogP contribution is 2.39. The van der Waals surface area contributed by atoms with Crippen molar-refractivity contribution < 1.29 is 5.11 Å². The highest BCUT2D eigenvalue weighted by atomic mass is 16.3. The Morgan fingerprint density at radius 3 is 2.30 bits per heavy atom. The molecule has 1 aliphatic carbocycles. The molecule has 0 fully saturated rings. The molecule has 1 aliphatic rings. The second kappa shape index (κ2) is 7.42. The van der Waals surface area contributed by atoms with Crippen LogP contribution < -0.4 is 0 Å². The maximum Gasteiger partial charge on any atom is 0.116 e. The van der Waals surface area contributed by atoms with Gasteiger partial charge < -0.3 is 10.0 Å². The average Bonchev–Trinajstić information content (AvgIpc) is 2.67. The Hall–Kier alpha value is -2.84. The Balaban J connectivity index is 1.90. The second-order valence-corrected chi connectivity index (χ2v) is 7.50. The number of nitrogens with zero attached hydrogens (tertiary/aromatic N) is 1. The molecule has 3 aromatic rings. The van der Waals surface area contributed by atoms with Gasteiger partial charge in [-0.15, -0.1) is 0 Å². The molecule has 0 unspecified atom stereocenters. The Kier molecular flexibility index (Phi) is 4.83. The summed E-state index contributed by atoms with van der Waals surface area (Å²) in [5.74, 6) is 0.315. The van der Waals surface area contributed by atoms with Crippen molar-refractivity contribution in [3.05, 3.63) is 95.1 Å². The Morgan fingerprint density at radius 1 is 0.778 bits per heavy atom. The molecule has 1 N–H and O–H groups in total. The van der Waals surface area contributed by atoms with Gasteiger partial charge in [0, 0.05) is 6.54 Å². The summed E-state index contributed by atoms with van der Waals surface area (Å²) >= 11 is 0. The molecule has 0 aliphatic heterocycles. The smallest absolute Gasteiger partial charge is 0.116 e. The van der Waals surface area contributed by atoms with Crippen LogP contribution in [0.2, 0.25) is 0 Å². The molecule has 0 amide bonds. The molecular formula is C25H25NO. The van der Waals surface area contributed by atoms with Crippen LogP contribution in [-0.4, -0.2) is 30.6 Å². The summed E-state index contributed by atoms with van der Waals surface area (Å²) in [6, 6.07) is 25.0. The molecule has 136 valence electrons. The van der Waals surface area contributed by atoms with Crippen molar-refractivity contribution in [2.45, 2.75) is 12.8 Å².